The maximum Gasteiger partial charge on any atom is 0.472 e. The van der Waals surface area contributed by atoms with Gasteiger partial charge in [0, 0.05) is 19.3 Å². The van der Waals surface area contributed by atoms with Gasteiger partial charge in [0.1, 0.15) is 25.4 Å². The van der Waals surface area contributed by atoms with E-state index in [1.165, 1.54) is 25.7 Å². The van der Waals surface area contributed by atoms with Crippen molar-refractivity contribution in [2.75, 3.05) is 39.6 Å². The van der Waals surface area contributed by atoms with Crippen LogP contribution in [-0.4, -0.2) is 95.9 Å². The van der Waals surface area contributed by atoms with Crippen molar-refractivity contribution in [1.82, 2.24) is 0 Å². The number of aliphatic hydroxyl groups excluding tert-OH is 2. The van der Waals surface area contributed by atoms with Crippen molar-refractivity contribution in [3.8, 4) is 0 Å². The van der Waals surface area contributed by atoms with Crippen LogP contribution in [0.4, 0.5) is 0 Å². The molecule has 5 atom stereocenters. The summed E-state index contributed by atoms with van der Waals surface area (Å²) in [5, 5.41) is 20.6. The van der Waals surface area contributed by atoms with E-state index in [2.05, 4.69) is 154 Å². The SMILES string of the molecule is CC/C=C\C/C=C\C/C=C\C/C=C\C/C=C\CCCCCCCC(=O)OCC(COP(=O)(O)OCC(O)COP(=O)(O)OCC(O)COC(=O)CCCCCCCCC/C=C\C/C=C\C/C=C\C/C=C\CCCCC)OC(=O)CCCCCCC/C=C\C/C=C\CCC. The zero-order valence-electron chi connectivity index (χ0n) is 57.6. The van der Waals surface area contributed by atoms with Gasteiger partial charge in [0.05, 0.1) is 26.4 Å². The number of phosphoric acid groups is 2. The summed E-state index contributed by atoms with van der Waals surface area (Å²) < 4.78 is 60.9. The second-order valence-corrected chi connectivity index (χ2v) is 26.2. The van der Waals surface area contributed by atoms with E-state index in [4.69, 9.17) is 32.3 Å². The highest BCUT2D eigenvalue weighted by atomic mass is 31.2. The third-order valence-corrected chi connectivity index (χ3v) is 16.2. The Morgan fingerprint density at radius 1 is 0.312 bits per heavy atom. The lowest BCUT2D eigenvalue weighted by Crippen LogP contribution is -2.30. The van der Waals surface area contributed by atoms with Gasteiger partial charge >= 0.3 is 33.6 Å². The van der Waals surface area contributed by atoms with Crippen LogP contribution in [0.25, 0.3) is 0 Å². The van der Waals surface area contributed by atoms with Crippen LogP contribution in [0.5, 0.6) is 0 Å². The van der Waals surface area contributed by atoms with Crippen molar-refractivity contribution in [3.63, 3.8) is 0 Å². The van der Waals surface area contributed by atoms with Gasteiger partial charge < -0.3 is 34.2 Å². The lowest BCUT2D eigenvalue weighted by molar-refractivity contribution is -0.161. The fraction of sp³-hybridized carbons (Fsp3) is 0.667. The minimum atomic E-state index is -4.94. The van der Waals surface area contributed by atoms with E-state index in [0.29, 0.717) is 19.3 Å². The molecule has 0 fully saturated rings. The molecule has 532 valence electrons. The Balaban J connectivity index is 4.64. The summed E-state index contributed by atoms with van der Waals surface area (Å²) in [6.45, 7) is 2.40. The van der Waals surface area contributed by atoms with Gasteiger partial charge in [-0.15, -0.1) is 0 Å². The molecule has 4 N–H and O–H groups in total. The molecular formula is C75H126O16P2. The lowest BCUT2D eigenvalue weighted by atomic mass is 10.1. The van der Waals surface area contributed by atoms with Gasteiger partial charge in [0.2, 0.25) is 0 Å². The van der Waals surface area contributed by atoms with Crippen LogP contribution in [0.3, 0.4) is 0 Å². The van der Waals surface area contributed by atoms with Crippen molar-refractivity contribution in [2.45, 2.75) is 283 Å². The van der Waals surface area contributed by atoms with E-state index >= 15 is 0 Å². The molecule has 0 aliphatic rings. The third-order valence-electron chi connectivity index (χ3n) is 14.3. The number of ether oxygens (including phenoxy) is 3. The average Bonchev–Trinajstić information content (AvgIpc) is 3.52. The first-order valence-corrected chi connectivity index (χ1v) is 38.5. The summed E-state index contributed by atoms with van der Waals surface area (Å²) in [5.74, 6) is -1.63. The summed E-state index contributed by atoms with van der Waals surface area (Å²) in [6.07, 6.45) is 79.3. The van der Waals surface area contributed by atoms with Crippen molar-refractivity contribution in [2.24, 2.45) is 0 Å². The Hall–Kier alpha value is -4.31. The number of hydrogen-bond acceptors (Lipinski definition) is 14. The number of carbonyl (C=O) groups excluding carboxylic acids is 3. The zero-order valence-corrected chi connectivity index (χ0v) is 59.4. The minimum Gasteiger partial charge on any atom is -0.463 e. The predicted molar refractivity (Wildman–Crippen MR) is 380 cm³/mol. The number of hydrogen-bond donors (Lipinski definition) is 4. The first kappa shape index (κ1) is 88.7. The molecule has 0 aromatic rings. The molecule has 0 aliphatic heterocycles. The molecule has 0 amide bonds. The Kier molecular flexibility index (Phi) is 64.5. The number of esters is 3. The van der Waals surface area contributed by atoms with Crippen molar-refractivity contribution in [3.05, 3.63) is 134 Å². The number of carbonyl (C=O) groups is 3. The quantitative estimate of drug-likeness (QED) is 0.0146. The van der Waals surface area contributed by atoms with Gasteiger partial charge in [0.25, 0.3) is 0 Å². The van der Waals surface area contributed by atoms with E-state index in [0.717, 1.165) is 180 Å². The van der Waals surface area contributed by atoms with Crippen molar-refractivity contribution < 1.29 is 75.8 Å². The van der Waals surface area contributed by atoms with E-state index in [1.807, 2.05) is 0 Å². The molecule has 0 bridgehead atoms. The molecule has 5 unspecified atom stereocenters. The number of allylic oxidation sites excluding steroid dienone is 22. The second kappa shape index (κ2) is 67.7. The van der Waals surface area contributed by atoms with Crippen LogP contribution in [0.15, 0.2) is 134 Å². The zero-order chi connectivity index (χ0) is 68.1. The first-order chi connectivity index (χ1) is 45.2. The van der Waals surface area contributed by atoms with Crippen LogP contribution in [0.2, 0.25) is 0 Å². The van der Waals surface area contributed by atoms with Crippen molar-refractivity contribution >= 4 is 33.6 Å². The Morgan fingerprint density at radius 2 is 0.591 bits per heavy atom. The number of aliphatic hydroxyl groups is 2. The van der Waals surface area contributed by atoms with Crippen LogP contribution in [0, 0.1) is 0 Å². The topological polar surface area (TPSA) is 231 Å². The normalized spacial score (nSPS) is 15.0. The maximum atomic E-state index is 12.9. The number of rotatable bonds is 66. The predicted octanol–water partition coefficient (Wildman–Crippen LogP) is 20.0. The molecule has 0 heterocycles. The van der Waals surface area contributed by atoms with E-state index in [1.54, 1.807) is 0 Å². The molecule has 0 aromatic carbocycles. The van der Waals surface area contributed by atoms with E-state index in [-0.39, 0.29) is 19.3 Å². The Bertz CT molecular complexity index is 2230. The molecule has 0 aliphatic carbocycles. The van der Waals surface area contributed by atoms with Gasteiger partial charge in [0.15, 0.2) is 6.10 Å². The molecule has 16 nitrogen and oxygen atoms in total. The fourth-order valence-electron chi connectivity index (χ4n) is 8.91. The molecule has 0 saturated carbocycles. The third kappa shape index (κ3) is 68.9. The highest BCUT2D eigenvalue weighted by Crippen LogP contribution is 2.45. The van der Waals surface area contributed by atoms with Crippen LogP contribution < -0.4 is 0 Å². The second-order valence-electron chi connectivity index (χ2n) is 23.3. The molecule has 0 saturated heterocycles. The molecular weight excluding hydrogens is 1220 g/mol. The lowest BCUT2D eigenvalue weighted by Gasteiger charge is -2.21. The standard InChI is InChI=1S/C75H126O16P2/c1-4-7-10-13-16-19-22-25-27-29-31-33-34-36-38-39-41-44-46-49-52-55-58-61-73(78)85-64-70(76)65-87-92(81,82)88-66-71(77)67-89-93(83,84)90-69-72(91-75(80)63-60-57-54-51-48-43-24-21-18-15-12-9-6-3)68-86-74(79)62-59-56-53-50-47-45-42-40-37-35-32-30-28-26-23-20-17-14-11-8-5-2/h8,11-12,15-17,19-21,24-28,31-33,35-36,38,40,42,70-72,76-77H,4-7,9-10,13-14,18,22-23,29-30,34,37,39,41,43-69H2,1-3H3,(H,81,82)(H,83,84)/b11-8-,15-12-,19-16-,20-17-,24-21-,27-25-,28-26-,33-31-,35-32-,38-36-,42-40-. The highest BCUT2D eigenvalue weighted by molar-refractivity contribution is 7.47. The summed E-state index contributed by atoms with van der Waals surface area (Å²) >= 11 is 0. The van der Waals surface area contributed by atoms with E-state index in [9.17, 15) is 43.5 Å². The minimum absolute atomic E-state index is 0.0794. The summed E-state index contributed by atoms with van der Waals surface area (Å²) in [6, 6.07) is 0. The largest absolute Gasteiger partial charge is 0.472 e. The van der Waals surface area contributed by atoms with Gasteiger partial charge in [-0.05, 0) is 135 Å². The molecule has 0 spiro atoms. The van der Waals surface area contributed by atoms with Crippen LogP contribution >= 0.6 is 15.6 Å². The fourth-order valence-corrected chi connectivity index (χ4v) is 10.5. The van der Waals surface area contributed by atoms with Crippen molar-refractivity contribution in [1.29, 1.82) is 0 Å². The number of phosphoric ester groups is 2. The smallest absolute Gasteiger partial charge is 0.463 e. The first-order valence-electron chi connectivity index (χ1n) is 35.5. The molecule has 0 rings (SSSR count). The monoisotopic (exact) mass is 1340 g/mol. The molecule has 0 aromatic heterocycles. The average molecular weight is 1350 g/mol. The summed E-state index contributed by atoms with van der Waals surface area (Å²) in [5.41, 5.74) is 0. The maximum absolute atomic E-state index is 12.9. The van der Waals surface area contributed by atoms with Gasteiger partial charge in [-0.3, -0.25) is 32.5 Å². The number of unbranched alkanes of at least 4 members (excludes halogenated alkanes) is 21. The Morgan fingerprint density at radius 3 is 0.946 bits per heavy atom. The van der Waals surface area contributed by atoms with E-state index < -0.39 is 91.5 Å². The molecule has 93 heavy (non-hydrogen) atoms. The molecule has 18 heteroatoms. The van der Waals surface area contributed by atoms with Gasteiger partial charge in [-0.2, -0.15) is 0 Å². The molecule has 0 radical (unpaired) electrons. The van der Waals surface area contributed by atoms with Crippen LogP contribution in [0.1, 0.15) is 265 Å². The highest BCUT2D eigenvalue weighted by Gasteiger charge is 2.29. The van der Waals surface area contributed by atoms with Gasteiger partial charge in [-0.1, -0.05) is 244 Å². The van der Waals surface area contributed by atoms with Gasteiger partial charge in [-0.25, -0.2) is 9.13 Å². The van der Waals surface area contributed by atoms with Crippen LogP contribution in [-0.2, 0) is 55.8 Å². The summed E-state index contributed by atoms with van der Waals surface area (Å²) in [4.78, 5) is 58.4. The summed E-state index contributed by atoms with van der Waals surface area (Å²) in [7, 11) is -9.80. The Labute approximate surface area is 563 Å².